The Labute approximate surface area is 75.5 Å². The summed E-state index contributed by atoms with van der Waals surface area (Å²) in [6, 6.07) is 0. The summed E-state index contributed by atoms with van der Waals surface area (Å²) >= 11 is 2.96. The van der Waals surface area contributed by atoms with E-state index in [9.17, 15) is 13.2 Å². The highest BCUT2D eigenvalue weighted by Crippen LogP contribution is 2.32. The van der Waals surface area contributed by atoms with E-state index in [0.717, 1.165) is 4.68 Å². The van der Waals surface area contributed by atoms with Gasteiger partial charge in [-0.05, 0) is 0 Å². The van der Waals surface area contributed by atoms with Crippen molar-refractivity contribution < 1.29 is 13.2 Å². The third-order valence-corrected chi connectivity index (χ3v) is 2.03. The maximum Gasteiger partial charge on any atom is 0.433 e. The Balaban J connectivity index is 3.19. The lowest BCUT2D eigenvalue weighted by Gasteiger charge is -2.07. The molecule has 6 heteroatoms. The average molecular weight is 243 g/mol. The van der Waals surface area contributed by atoms with E-state index in [0.29, 0.717) is 0 Å². The van der Waals surface area contributed by atoms with Gasteiger partial charge in [-0.25, -0.2) is 0 Å². The smallest absolute Gasteiger partial charge is 0.263 e. The van der Waals surface area contributed by atoms with Crippen molar-refractivity contribution >= 4 is 15.9 Å². The van der Waals surface area contributed by atoms with E-state index in [1.54, 1.807) is 0 Å². The van der Waals surface area contributed by atoms with Gasteiger partial charge in [0.2, 0.25) is 0 Å². The minimum Gasteiger partial charge on any atom is -0.263 e. The standard InChI is InChI=1S/C6H6BrF3N2/c1-12-5(6(8,9)10)4(2-7)3-11-12/h3H,2H2,1H3. The fourth-order valence-corrected chi connectivity index (χ4v) is 1.36. The molecule has 0 saturated carbocycles. The molecule has 0 N–H and O–H groups in total. The first-order chi connectivity index (χ1) is 5.46. The molecule has 0 aliphatic carbocycles. The van der Waals surface area contributed by atoms with Crippen LogP contribution in [0.25, 0.3) is 0 Å². The predicted molar refractivity (Wildman–Crippen MR) is 40.8 cm³/mol. The molecule has 0 radical (unpaired) electrons. The molecule has 1 aromatic heterocycles. The summed E-state index contributed by atoms with van der Waals surface area (Å²) in [5.74, 6) is 0. The first-order valence-corrected chi connectivity index (χ1v) is 4.23. The molecule has 0 spiro atoms. The van der Waals surface area contributed by atoms with Gasteiger partial charge in [-0.15, -0.1) is 0 Å². The molecule has 2 nitrogen and oxygen atoms in total. The quantitative estimate of drug-likeness (QED) is 0.692. The summed E-state index contributed by atoms with van der Waals surface area (Å²) in [6.07, 6.45) is -3.12. The highest BCUT2D eigenvalue weighted by Gasteiger charge is 2.36. The van der Waals surface area contributed by atoms with Gasteiger partial charge in [0.15, 0.2) is 0 Å². The van der Waals surface area contributed by atoms with Crippen molar-refractivity contribution in [2.24, 2.45) is 7.05 Å². The van der Waals surface area contributed by atoms with E-state index < -0.39 is 11.9 Å². The minimum absolute atomic E-state index is 0.157. The lowest BCUT2D eigenvalue weighted by atomic mass is 10.3. The van der Waals surface area contributed by atoms with Gasteiger partial charge in [-0.2, -0.15) is 18.3 Å². The SMILES string of the molecule is Cn1ncc(CBr)c1C(F)(F)F. The molecule has 0 aliphatic rings. The summed E-state index contributed by atoms with van der Waals surface area (Å²) in [4.78, 5) is 0. The second-order valence-electron chi connectivity index (χ2n) is 2.27. The fraction of sp³-hybridized carbons (Fsp3) is 0.500. The Morgan fingerprint density at radius 1 is 1.58 bits per heavy atom. The Bertz CT molecular complexity index is 279. The van der Waals surface area contributed by atoms with Crippen LogP contribution in [0.5, 0.6) is 0 Å². The van der Waals surface area contributed by atoms with E-state index in [2.05, 4.69) is 21.0 Å². The van der Waals surface area contributed by atoms with Crippen molar-refractivity contribution in [3.63, 3.8) is 0 Å². The molecule has 0 aromatic carbocycles. The van der Waals surface area contributed by atoms with Crippen molar-refractivity contribution in [1.82, 2.24) is 9.78 Å². The molecule has 12 heavy (non-hydrogen) atoms. The number of hydrogen-bond acceptors (Lipinski definition) is 1. The van der Waals surface area contributed by atoms with Crippen LogP contribution >= 0.6 is 15.9 Å². The van der Waals surface area contributed by atoms with Crippen LogP contribution in [0.15, 0.2) is 6.20 Å². The zero-order valence-electron chi connectivity index (χ0n) is 6.19. The van der Waals surface area contributed by atoms with E-state index in [1.807, 2.05) is 0 Å². The van der Waals surface area contributed by atoms with Gasteiger partial charge >= 0.3 is 6.18 Å². The third-order valence-electron chi connectivity index (χ3n) is 1.43. The lowest BCUT2D eigenvalue weighted by molar-refractivity contribution is -0.144. The third kappa shape index (κ3) is 1.63. The number of nitrogens with zero attached hydrogens (tertiary/aromatic N) is 2. The van der Waals surface area contributed by atoms with Gasteiger partial charge in [-0.1, -0.05) is 15.9 Å². The topological polar surface area (TPSA) is 17.8 Å². The zero-order valence-corrected chi connectivity index (χ0v) is 7.78. The number of aromatic nitrogens is 2. The lowest BCUT2D eigenvalue weighted by Crippen LogP contribution is -2.13. The number of alkyl halides is 4. The fourth-order valence-electron chi connectivity index (χ4n) is 0.946. The molecule has 1 heterocycles. The molecular weight excluding hydrogens is 237 g/mol. The molecule has 0 amide bonds. The number of halogens is 4. The molecule has 0 aliphatic heterocycles. The highest BCUT2D eigenvalue weighted by molar-refractivity contribution is 9.08. The van der Waals surface area contributed by atoms with Gasteiger partial charge in [0.25, 0.3) is 0 Å². The molecule has 0 saturated heterocycles. The Hall–Kier alpha value is -0.520. The summed E-state index contributed by atoms with van der Waals surface area (Å²) in [6.45, 7) is 0. The predicted octanol–water partition coefficient (Wildman–Crippen LogP) is 2.33. The molecule has 68 valence electrons. The summed E-state index contributed by atoms with van der Waals surface area (Å²) < 4.78 is 37.6. The van der Waals surface area contributed by atoms with Crippen molar-refractivity contribution in [2.75, 3.05) is 0 Å². The van der Waals surface area contributed by atoms with Crippen LogP contribution < -0.4 is 0 Å². The van der Waals surface area contributed by atoms with Gasteiger partial charge in [0, 0.05) is 17.9 Å². The minimum atomic E-state index is -4.33. The van der Waals surface area contributed by atoms with Crippen LogP contribution in [-0.4, -0.2) is 9.78 Å². The van der Waals surface area contributed by atoms with Crippen molar-refractivity contribution in [1.29, 1.82) is 0 Å². The molecule has 0 bridgehead atoms. The van der Waals surface area contributed by atoms with Gasteiger partial charge in [0.1, 0.15) is 5.69 Å². The summed E-state index contributed by atoms with van der Waals surface area (Å²) in [5, 5.41) is 3.68. The first-order valence-electron chi connectivity index (χ1n) is 3.11. The second-order valence-corrected chi connectivity index (χ2v) is 2.83. The molecule has 0 unspecified atom stereocenters. The van der Waals surface area contributed by atoms with Gasteiger partial charge < -0.3 is 0 Å². The van der Waals surface area contributed by atoms with Crippen LogP contribution in [-0.2, 0) is 18.6 Å². The van der Waals surface area contributed by atoms with E-state index in [-0.39, 0.29) is 10.9 Å². The molecular formula is C6H6BrF3N2. The van der Waals surface area contributed by atoms with E-state index in [4.69, 9.17) is 0 Å². The van der Waals surface area contributed by atoms with Crippen molar-refractivity contribution in [3.8, 4) is 0 Å². The molecule has 1 aromatic rings. The average Bonchev–Trinajstić information content (AvgIpc) is 2.29. The largest absolute Gasteiger partial charge is 0.433 e. The number of hydrogen-bond donors (Lipinski definition) is 0. The van der Waals surface area contributed by atoms with E-state index >= 15 is 0 Å². The Morgan fingerprint density at radius 2 is 2.17 bits per heavy atom. The zero-order chi connectivity index (χ0) is 9.35. The Kier molecular flexibility index (Phi) is 2.46. The molecule has 1 rings (SSSR count). The van der Waals surface area contributed by atoms with E-state index in [1.165, 1.54) is 13.2 Å². The number of aryl methyl sites for hydroxylation is 1. The maximum absolute atomic E-state index is 12.2. The van der Waals surface area contributed by atoms with Gasteiger partial charge in [-0.3, -0.25) is 4.68 Å². The first kappa shape index (κ1) is 9.57. The Morgan fingerprint density at radius 3 is 2.50 bits per heavy atom. The van der Waals surface area contributed by atoms with Crippen LogP contribution in [0.4, 0.5) is 13.2 Å². The van der Waals surface area contributed by atoms with Crippen LogP contribution in [0, 0.1) is 0 Å². The van der Waals surface area contributed by atoms with Crippen molar-refractivity contribution in [3.05, 3.63) is 17.5 Å². The second kappa shape index (κ2) is 3.08. The molecule has 0 atom stereocenters. The molecule has 0 fully saturated rings. The van der Waals surface area contributed by atoms with Crippen molar-refractivity contribution in [2.45, 2.75) is 11.5 Å². The summed E-state index contributed by atoms with van der Waals surface area (Å²) in [7, 11) is 1.27. The van der Waals surface area contributed by atoms with Crippen LogP contribution in [0.1, 0.15) is 11.3 Å². The summed E-state index contributed by atoms with van der Waals surface area (Å²) in [5.41, 5.74) is -0.538. The van der Waals surface area contributed by atoms with Gasteiger partial charge in [0.05, 0.1) is 6.20 Å². The highest BCUT2D eigenvalue weighted by atomic mass is 79.9. The maximum atomic E-state index is 12.2. The number of rotatable bonds is 1. The van der Waals surface area contributed by atoms with Crippen LogP contribution in [0.2, 0.25) is 0 Å². The monoisotopic (exact) mass is 242 g/mol. The normalized spacial score (nSPS) is 12.1. The van der Waals surface area contributed by atoms with Crippen LogP contribution in [0.3, 0.4) is 0 Å².